The molecule has 2 heterocycles. The Labute approximate surface area is 207 Å². The van der Waals surface area contributed by atoms with Crippen molar-refractivity contribution in [1.82, 2.24) is 15.3 Å². The Morgan fingerprint density at radius 3 is 2.03 bits per heavy atom. The summed E-state index contributed by atoms with van der Waals surface area (Å²) < 4.78 is 0. The van der Waals surface area contributed by atoms with E-state index in [0.717, 1.165) is 74.6 Å². The number of piperidine rings is 1. The molecule has 2 fully saturated rings. The first-order valence-corrected chi connectivity index (χ1v) is 12.4. The van der Waals surface area contributed by atoms with Crippen LogP contribution in [-0.4, -0.2) is 85.5 Å². The van der Waals surface area contributed by atoms with Gasteiger partial charge in [0, 0.05) is 70.8 Å². The molecule has 4 rings (SSSR count). The smallest absolute Gasteiger partial charge is 0.325 e. The number of nitrogens with one attached hydrogen (secondary N) is 1. The van der Waals surface area contributed by atoms with Gasteiger partial charge < -0.3 is 25.8 Å². The van der Waals surface area contributed by atoms with Gasteiger partial charge in [-0.15, -0.1) is 0 Å². The molecule has 2 aliphatic rings. The van der Waals surface area contributed by atoms with Gasteiger partial charge in [0.2, 0.25) is 0 Å². The van der Waals surface area contributed by atoms with E-state index in [9.17, 15) is 9.90 Å². The van der Waals surface area contributed by atoms with Gasteiger partial charge in [0.05, 0.1) is 0 Å². The maximum atomic E-state index is 12.2. The lowest BCUT2D eigenvalue weighted by atomic mass is 9.97. The lowest BCUT2D eigenvalue weighted by Gasteiger charge is -2.44. The van der Waals surface area contributed by atoms with Gasteiger partial charge in [-0.1, -0.05) is 24.3 Å². The molecule has 0 saturated carbocycles. The molecule has 0 aliphatic carbocycles. The molecule has 0 radical (unpaired) electrons. The highest BCUT2D eigenvalue weighted by Gasteiger charge is 2.33. The van der Waals surface area contributed by atoms with E-state index in [1.807, 2.05) is 55.4 Å². The summed E-state index contributed by atoms with van der Waals surface area (Å²) in [6.45, 7) is 5.49. The second kappa shape index (κ2) is 11.4. The average molecular weight is 483 g/mol. The van der Waals surface area contributed by atoms with Crippen molar-refractivity contribution in [2.45, 2.75) is 31.1 Å². The molecular weight excluding hydrogens is 444 g/mol. The van der Waals surface area contributed by atoms with Crippen LogP contribution in [0.25, 0.3) is 0 Å². The molecular formula is C26H38N6O3. The summed E-state index contributed by atoms with van der Waals surface area (Å²) >= 11 is 0. The van der Waals surface area contributed by atoms with Crippen LogP contribution in [0.3, 0.4) is 0 Å². The first kappa shape index (κ1) is 25.4. The minimum Gasteiger partial charge on any atom is -0.480 e. The highest BCUT2D eigenvalue weighted by atomic mass is 16.5. The van der Waals surface area contributed by atoms with E-state index in [-0.39, 0.29) is 0 Å². The Kier molecular flexibility index (Phi) is 8.25. The Bertz CT molecular complexity index is 952. The topological polar surface area (TPSA) is 109 Å². The van der Waals surface area contributed by atoms with E-state index in [1.165, 1.54) is 0 Å². The van der Waals surface area contributed by atoms with Crippen molar-refractivity contribution in [1.29, 1.82) is 0 Å². The second-order valence-electron chi connectivity index (χ2n) is 9.72. The summed E-state index contributed by atoms with van der Waals surface area (Å²) in [7, 11) is 3.97. The van der Waals surface area contributed by atoms with Crippen LogP contribution < -0.4 is 21.0 Å². The fourth-order valence-electron chi connectivity index (χ4n) is 5.29. The van der Waals surface area contributed by atoms with Crippen molar-refractivity contribution < 1.29 is 15.1 Å². The van der Waals surface area contributed by atoms with Gasteiger partial charge in [0.1, 0.15) is 12.2 Å². The molecule has 0 aromatic heterocycles. The van der Waals surface area contributed by atoms with Gasteiger partial charge in [-0.3, -0.25) is 14.6 Å². The molecule has 9 heteroatoms. The number of carbonyl (C=O) groups is 1. The molecule has 35 heavy (non-hydrogen) atoms. The molecule has 2 saturated heterocycles. The van der Waals surface area contributed by atoms with E-state index >= 15 is 0 Å². The Balaban J connectivity index is 1.29. The number of nitrogens with zero attached hydrogens (tertiary/aromatic N) is 4. The molecule has 2 aliphatic heterocycles. The third-order valence-corrected chi connectivity index (χ3v) is 7.41. The molecule has 9 nitrogen and oxygen atoms in total. The van der Waals surface area contributed by atoms with E-state index < -0.39 is 18.2 Å². The van der Waals surface area contributed by atoms with Crippen molar-refractivity contribution in [2.24, 2.45) is 5.73 Å². The van der Waals surface area contributed by atoms with E-state index in [2.05, 4.69) is 32.3 Å². The predicted molar refractivity (Wildman–Crippen MR) is 138 cm³/mol. The first-order valence-electron chi connectivity index (χ1n) is 12.4. The highest BCUT2D eigenvalue weighted by molar-refractivity contribution is 5.76. The van der Waals surface area contributed by atoms with Gasteiger partial charge >= 0.3 is 5.97 Å². The zero-order valence-electron chi connectivity index (χ0n) is 20.7. The molecule has 0 bridgehead atoms. The summed E-state index contributed by atoms with van der Waals surface area (Å²) in [6.07, 6.45) is 1.39. The Morgan fingerprint density at radius 2 is 1.51 bits per heavy atom. The molecule has 2 unspecified atom stereocenters. The number of rotatable bonds is 8. The molecule has 190 valence electrons. The minimum absolute atomic E-state index is 0.495. The normalized spacial score (nSPS) is 19.9. The van der Waals surface area contributed by atoms with Gasteiger partial charge in [-0.2, -0.15) is 5.48 Å². The third kappa shape index (κ3) is 5.94. The number of carboxylic acids is 1. The molecule has 2 aromatic carbocycles. The number of hydrogen-bond donors (Lipinski definition) is 4. The number of nitrogens with two attached hydrogens (primary N) is 1. The first-order chi connectivity index (χ1) is 16.9. The zero-order valence-corrected chi connectivity index (χ0v) is 20.7. The number of hydroxylamine groups is 1. The number of carboxylic acid groups (broad SMARTS) is 1. The summed E-state index contributed by atoms with van der Waals surface area (Å²) in [6, 6.07) is 15.8. The van der Waals surface area contributed by atoms with Crippen molar-refractivity contribution >= 4 is 17.3 Å². The van der Waals surface area contributed by atoms with Crippen LogP contribution in [0.4, 0.5) is 11.4 Å². The summed E-state index contributed by atoms with van der Waals surface area (Å²) in [5.74, 6) is -0.781. The number of aliphatic carboxylic acids is 1. The van der Waals surface area contributed by atoms with Crippen LogP contribution in [0.2, 0.25) is 0 Å². The monoisotopic (exact) mass is 482 g/mol. The fourth-order valence-corrected chi connectivity index (χ4v) is 5.29. The third-order valence-electron chi connectivity index (χ3n) is 7.41. The fraction of sp³-hybridized carbons (Fsp3) is 0.500. The molecule has 2 aromatic rings. The number of piperazine rings is 1. The average Bonchev–Trinajstić information content (AvgIpc) is 2.89. The van der Waals surface area contributed by atoms with E-state index in [4.69, 9.17) is 10.9 Å². The standard InChI is InChI=1S/C26H38N6O3/c1-29(2)21-7-3-19(4-8-21)24(26(33)34)32-13-11-23(12-14-32)31-17-15-30(16-18-31)22-9-5-20(6-10-22)25(27)28-35/h3-10,23-25,28,35H,11-18,27H2,1-2H3,(H,33,34). The maximum Gasteiger partial charge on any atom is 0.325 e. The molecule has 2 atom stereocenters. The van der Waals surface area contributed by atoms with Crippen molar-refractivity contribution in [3.05, 3.63) is 59.7 Å². The number of anilines is 2. The van der Waals surface area contributed by atoms with Gasteiger partial charge in [-0.25, -0.2) is 0 Å². The van der Waals surface area contributed by atoms with Crippen LogP contribution in [0, 0.1) is 0 Å². The Morgan fingerprint density at radius 1 is 0.943 bits per heavy atom. The predicted octanol–water partition coefficient (Wildman–Crippen LogP) is 2.10. The second-order valence-corrected chi connectivity index (χ2v) is 9.72. The summed E-state index contributed by atoms with van der Waals surface area (Å²) in [4.78, 5) is 21.2. The Hall–Kier alpha value is -2.69. The zero-order chi connectivity index (χ0) is 24.9. The van der Waals surface area contributed by atoms with E-state index in [1.54, 1.807) is 0 Å². The highest BCUT2D eigenvalue weighted by Crippen LogP contribution is 2.29. The largest absolute Gasteiger partial charge is 0.480 e. The summed E-state index contributed by atoms with van der Waals surface area (Å²) in [5.41, 5.74) is 11.8. The number of benzene rings is 2. The lowest BCUT2D eigenvalue weighted by Crippen LogP contribution is -2.54. The van der Waals surface area contributed by atoms with Gasteiger partial charge in [0.15, 0.2) is 0 Å². The van der Waals surface area contributed by atoms with Crippen LogP contribution in [0.5, 0.6) is 0 Å². The molecule has 5 N–H and O–H groups in total. The lowest BCUT2D eigenvalue weighted by molar-refractivity contribution is -0.144. The summed E-state index contributed by atoms with van der Waals surface area (Å²) in [5, 5.41) is 19.0. The minimum atomic E-state index is -0.781. The molecule has 0 amide bonds. The van der Waals surface area contributed by atoms with Gasteiger partial charge in [-0.05, 0) is 48.2 Å². The quantitative estimate of drug-likeness (QED) is 0.332. The van der Waals surface area contributed by atoms with Crippen molar-refractivity contribution in [3.63, 3.8) is 0 Å². The van der Waals surface area contributed by atoms with Crippen molar-refractivity contribution in [2.75, 3.05) is 63.2 Å². The maximum absolute atomic E-state index is 12.2. The van der Waals surface area contributed by atoms with Gasteiger partial charge in [0.25, 0.3) is 0 Å². The molecule has 0 spiro atoms. The van der Waals surface area contributed by atoms with Crippen LogP contribution in [0.1, 0.15) is 36.2 Å². The SMILES string of the molecule is CN(C)c1ccc(C(C(=O)O)N2CCC(N3CCN(c4ccc(C(N)NO)cc4)CC3)CC2)cc1. The van der Waals surface area contributed by atoms with Crippen molar-refractivity contribution in [3.8, 4) is 0 Å². The van der Waals surface area contributed by atoms with Crippen LogP contribution >= 0.6 is 0 Å². The number of hydrogen-bond acceptors (Lipinski definition) is 8. The van der Waals surface area contributed by atoms with Crippen LogP contribution in [-0.2, 0) is 4.79 Å². The van der Waals surface area contributed by atoms with Crippen LogP contribution in [0.15, 0.2) is 48.5 Å². The number of likely N-dealkylation sites (tertiary alicyclic amines) is 1. The van der Waals surface area contributed by atoms with E-state index in [0.29, 0.717) is 6.04 Å².